The van der Waals surface area contributed by atoms with Crippen LogP contribution in [0.1, 0.15) is 58.8 Å². The fourth-order valence-corrected chi connectivity index (χ4v) is 5.72. The average molecular weight is 301 g/mol. The van der Waals surface area contributed by atoms with Gasteiger partial charge in [-0.25, -0.2) is 8.42 Å². The van der Waals surface area contributed by atoms with Crippen molar-refractivity contribution in [3.05, 3.63) is 0 Å². The Morgan fingerprint density at radius 3 is 2.50 bits per heavy atom. The Morgan fingerprint density at radius 1 is 1.15 bits per heavy atom. The molecule has 0 aromatic rings. The fraction of sp³-hybridized carbons (Fsp3) is 0.933. The number of hydrogen-bond donors (Lipinski definition) is 0. The first-order valence-corrected chi connectivity index (χ1v) is 9.55. The molecule has 1 heterocycles. The Labute approximate surface area is 123 Å². The van der Waals surface area contributed by atoms with Gasteiger partial charge in [0.05, 0.1) is 5.75 Å². The summed E-state index contributed by atoms with van der Waals surface area (Å²) in [5.41, 5.74) is 0. The molecule has 0 radical (unpaired) electrons. The number of piperidine rings is 1. The lowest BCUT2D eigenvalue weighted by Crippen LogP contribution is -2.51. The van der Waals surface area contributed by atoms with Crippen LogP contribution in [0, 0.1) is 11.8 Å². The molecule has 0 aromatic heterocycles. The van der Waals surface area contributed by atoms with E-state index in [4.69, 9.17) is 0 Å². The summed E-state index contributed by atoms with van der Waals surface area (Å²) in [6, 6.07) is -0.0692. The molecule has 20 heavy (non-hydrogen) atoms. The fourth-order valence-electron chi connectivity index (χ4n) is 3.61. The van der Waals surface area contributed by atoms with E-state index in [2.05, 4.69) is 0 Å². The lowest BCUT2D eigenvalue weighted by Gasteiger charge is -2.40. The van der Waals surface area contributed by atoms with Crippen molar-refractivity contribution in [2.24, 2.45) is 11.8 Å². The van der Waals surface area contributed by atoms with Crippen LogP contribution in [0.3, 0.4) is 0 Å². The zero-order valence-corrected chi connectivity index (χ0v) is 13.5. The summed E-state index contributed by atoms with van der Waals surface area (Å²) in [7, 11) is -3.22. The molecule has 1 aliphatic carbocycles. The normalized spacial score (nSPS) is 29.9. The van der Waals surface area contributed by atoms with Crippen molar-refractivity contribution in [1.29, 1.82) is 0 Å². The molecule has 1 aliphatic heterocycles. The minimum atomic E-state index is -3.22. The molecule has 2 unspecified atom stereocenters. The Kier molecular flexibility index (Phi) is 5.24. The van der Waals surface area contributed by atoms with Crippen molar-refractivity contribution in [1.82, 2.24) is 4.31 Å². The summed E-state index contributed by atoms with van der Waals surface area (Å²) < 4.78 is 26.8. The van der Waals surface area contributed by atoms with Gasteiger partial charge in [-0.3, -0.25) is 4.79 Å². The Balaban J connectivity index is 2.18. The monoisotopic (exact) mass is 301 g/mol. The molecule has 2 rings (SSSR count). The zero-order valence-electron chi connectivity index (χ0n) is 12.7. The van der Waals surface area contributed by atoms with Gasteiger partial charge < -0.3 is 0 Å². The maximum Gasteiger partial charge on any atom is 0.214 e. The summed E-state index contributed by atoms with van der Waals surface area (Å²) in [6.07, 6.45) is 6.37. The topological polar surface area (TPSA) is 54.5 Å². The summed E-state index contributed by atoms with van der Waals surface area (Å²) in [5.74, 6) is 0.563. The summed E-state index contributed by atoms with van der Waals surface area (Å²) in [5, 5.41) is 0. The van der Waals surface area contributed by atoms with Gasteiger partial charge >= 0.3 is 0 Å². The van der Waals surface area contributed by atoms with Gasteiger partial charge in [-0.05, 0) is 31.6 Å². The highest BCUT2D eigenvalue weighted by atomic mass is 32.2. The van der Waals surface area contributed by atoms with E-state index in [1.807, 2.05) is 13.8 Å². The molecular formula is C15H27NO3S. The van der Waals surface area contributed by atoms with E-state index in [1.54, 1.807) is 4.31 Å². The molecule has 2 aliphatic rings. The molecule has 0 amide bonds. The lowest BCUT2D eigenvalue weighted by atomic mass is 9.80. The van der Waals surface area contributed by atoms with Gasteiger partial charge in [0.25, 0.3) is 0 Å². The Hall–Kier alpha value is -0.420. The first-order valence-electron chi connectivity index (χ1n) is 7.94. The van der Waals surface area contributed by atoms with Crippen molar-refractivity contribution in [3.8, 4) is 0 Å². The largest absolute Gasteiger partial charge is 0.299 e. The molecule has 116 valence electrons. The van der Waals surface area contributed by atoms with Gasteiger partial charge in [0.15, 0.2) is 0 Å². The minimum Gasteiger partial charge on any atom is -0.299 e. The molecule has 1 saturated carbocycles. The smallest absolute Gasteiger partial charge is 0.214 e. The SMILES string of the molecule is CC(C)CS(=O)(=O)N1CCCCC1C1CCCCC1=O. The molecule has 2 atom stereocenters. The van der Waals surface area contributed by atoms with Crippen molar-refractivity contribution in [2.75, 3.05) is 12.3 Å². The van der Waals surface area contributed by atoms with Crippen molar-refractivity contribution in [2.45, 2.75) is 64.8 Å². The Bertz CT molecular complexity index is 444. The predicted molar refractivity (Wildman–Crippen MR) is 79.9 cm³/mol. The van der Waals surface area contributed by atoms with Crippen molar-refractivity contribution in [3.63, 3.8) is 0 Å². The molecule has 0 aromatic carbocycles. The standard InChI is InChI=1S/C15H27NO3S/c1-12(2)11-20(18,19)16-10-6-5-8-14(16)13-7-3-4-9-15(13)17/h12-14H,3-11H2,1-2H3. The second kappa shape index (κ2) is 6.56. The van der Waals surface area contributed by atoms with Gasteiger partial charge in [-0.1, -0.05) is 26.7 Å². The highest BCUT2D eigenvalue weighted by molar-refractivity contribution is 7.89. The van der Waals surface area contributed by atoms with Gasteiger partial charge in [0.2, 0.25) is 10.0 Å². The van der Waals surface area contributed by atoms with E-state index in [0.717, 1.165) is 38.5 Å². The van der Waals surface area contributed by atoms with Crippen LogP contribution in [0.2, 0.25) is 0 Å². The van der Waals surface area contributed by atoms with Crippen LogP contribution in [0.4, 0.5) is 0 Å². The van der Waals surface area contributed by atoms with E-state index in [9.17, 15) is 13.2 Å². The highest BCUT2D eigenvalue weighted by Crippen LogP contribution is 2.33. The van der Waals surface area contributed by atoms with Gasteiger partial charge in [-0.2, -0.15) is 4.31 Å². The van der Waals surface area contributed by atoms with Gasteiger partial charge in [0.1, 0.15) is 5.78 Å². The predicted octanol–water partition coefficient (Wildman–Crippen LogP) is 2.59. The van der Waals surface area contributed by atoms with Gasteiger partial charge in [-0.15, -0.1) is 0 Å². The molecule has 0 bridgehead atoms. The molecule has 5 heteroatoms. The van der Waals surface area contributed by atoms with Crippen LogP contribution in [-0.4, -0.2) is 36.8 Å². The van der Waals surface area contributed by atoms with Crippen molar-refractivity contribution < 1.29 is 13.2 Å². The number of hydrogen-bond acceptors (Lipinski definition) is 3. The molecule has 0 spiro atoms. The maximum absolute atomic E-state index is 12.6. The van der Waals surface area contributed by atoms with E-state index in [1.165, 1.54) is 0 Å². The van der Waals surface area contributed by atoms with Crippen LogP contribution < -0.4 is 0 Å². The first-order chi connectivity index (χ1) is 9.42. The van der Waals surface area contributed by atoms with E-state index >= 15 is 0 Å². The summed E-state index contributed by atoms with van der Waals surface area (Å²) in [4.78, 5) is 12.2. The van der Waals surface area contributed by atoms with Crippen LogP contribution in [0.25, 0.3) is 0 Å². The summed E-state index contributed by atoms with van der Waals surface area (Å²) in [6.45, 7) is 4.47. The number of sulfonamides is 1. The van der Waals surface area contributed by atoms with E-state index in [0.29, 0.717) is 13.0 Å². The highest BCUT2D eigenvalue weighted by Gasteiger charge is 2.40. The first kappa shape index (κ1) is 16.0. The number of Topliss-reactive ketones (excluding diaryl/α,β-unsaturated/α-hetero) is 1. The molecule has 1 saturated heterocycles. The number of carbonyl (C=O) groups excluding carboxylic acids is 1. The number of carbonyl (C=O) groups is 1. The second-order valence-electron chi connectivity index (χ2n) is 6.66. The van der Waals surface area contributed by atoms with Crippen LogP contribution >= 0.6 is 0 Å². The molecule has 2 fully saturated rings. The molecule has 4 nitrogen and oxygen atoms in total. The van der Waals surface area contributed by atoms with Gasteiger partial charge in [0, 0.05) is 24.9 Å². The van der Waals surface area contributed by atoms with Crippen LogP contribution in [0.5, 0.6) is 0 Å². The van der Waals surface area contributed by atoms with Crippen LogP contribution in [0.15, 0.2) is 0 Å². The number of ketones is 1. The van der Waals surface area contributed by atoms with E-state index in [-0.39, 0.29) is 29.4 Å². The molecular weight excluding hydrogens is 274 g/mol. The number of nitrogens with zero attached hydrogens (tertiary/aromatic N) is 1. The Morgan fingerprint density at radius 2 is 1.85 bits per heavy atom. The second-order valence-corrected chi connectivity index (χ2v) is 8.63. The lowest BCUT2D eigenvalue weighted by molar-refractivity contribution is -0.126. The third-order valence-electron chi connectivity index (χ3n) is 4.47. The number of rotatable bonds is 4. The minimum absolute atomic E-state index is 0.0500. The van der Waals surface area contributed by atoms with Crippen molar-refractivity contribution >= 4 is 15.8 Å². The third kappa shape index (κ3) is 3.61. The molecule has 0 N–H and O–H groups in total. The van der Waals surface area contributed by atoms with Crippen LogP contribution in [-0.2, 0) is 14.8 Å². The average Bonchev–Trinajstić information content (AvgIpc) is 2.38. The maximum atomic E-state index is 12.6. The third-order valence-corrected chi connectivity index (χ3v) is 6.72. The van der Waals surface area contributed by atoms with E-state index < -0.39 is 10.0 Å². The summed E-state index contributed by atoms with van der Waals surface area (Å²) >= 11 is 0. The zero-order chi connectivity index (χ0) is 14.8. The quantitative estimate of drug-likeness (QED) is 0.802.